The van der Waals surface area contributed by atoms with E-state index in [0.29, 0.717) is 29.9 Å². The zero-order valence-electron chi connectivity index (χ0n) is 12.6. The highest BCUT2D eigenvalue weighted by Crippen LogP contribution is 2.29. The van der Waals surface area contributed by atoms with Crippen LogP contribution in [0.4, 0.5) is 0 Å². The third-order valence-corrected chi connectivity index (χ3v) is 7.05. The molecule has 1 aliphatic carbocycles. The van der Waals surface area contributed by atoms with Crippen molar-refractivity contribution in [2.75, 3.05) is 32.9 Å². The van der Waals surface area contributed by atoms with Crippen LogP contribution in [0.1, 0.15) is 38.5 Å². The van der Waals surface area contributed by atoms with Crippen molar-refractivity contribution in [3.05, 3.63) is 0 Å². The average molecular weight is 367 g/mol. The molecule has 118 valence electrons. The van der Waals surface area contributed by atoms with Crippen molar-refractivity contribution in [3.63, 3.8) is 0 Å². The Balaban J connectivity index is 1.89. The Morgan fingerprint density at radius 3 is 2.55 bits per heavy atom. The summed E-state index contributed by atoms with van der Waals surface area (Å²) in [6, 6.07) is 0.609. The normalized spacial score (nSPS) is 33.5. The summed E-state index contributed by atoms with van der Waals surface area (Å²) < 4.78 is 25.0. The van der Waals surface area contributed by atoms with E-state index in [1.807, 2.05) is 0 Å². The van der Waals surface area contributed by atoms with E-state index in [4.69, 9.17) is 0 Å². The summed E-state index contributed by atoms with van der Waals surface area (Å²) in [5.74, 6) is 0.477. The van der Waals surface area contributed by atoms with Gasteiger partial charge < -0.3 is 4.90 Å². The van der Waals surface area contributed by atoms with Gasteiger partial charge in [-0.05, 0) is 38.6 Å². The lowest BCUT2D eigenvalue weighted by Crippen LogP contribution is -2.47. The van der Waals surface area contributed by atoms with Crippen LogP contribution in [-0.4, -0.2) is 61.4 Å². The van der Waals surface area contributed by atoms with Crippen LogP contribution in [0, 0.1) is 5.92 Å². The van der Waals surface area contributed by atoms with Crippen molar-refractivity contribution in [1.29, 1.82) is 0 Å². The molecule has 0 spiro atoms. The highest BCUT2D eigenvalue weighted by Gasteiger charge is 2.30. The molecule has 1 aliphatic heterocycles. The summed E-state index contributed by atoms with van der Waals surface area (Å²) in [5.41, 5.74) is 0. The number of sulfonamides is 1. The van der Waals surface area contributed by atoms with Gasteiger partial charge in [-0.15, -0.1) is 0 Å². The first-order valence-electron chi connectivity index (χ1n) is 7.67. The lowest BCUT2D eigenvalue weighted by molar-refractivity contribution is 0.144. The van der Waals surface area contributed by atoms with Crippen molar-refractivity contribution in [2.45, 2.75) is 49.4 Å². The number of hydrogen-bond donors (Lipinski definition) is 0. The smallest absolute Gasteiger partial charge is 0.211 e. The molecule has 0 amide bonds. The van der Waals surface area contributed by atoms with Gasteiger partial charge in [-0.1, -0.05) is 28.8 Å². The first-order chi connectivity index (χ1) is 9.38. The molecule has 0 radical (unpaired) electrons. The highest BCUT2D eigenvalue weighted by molar-refractivity contribution is 9.09. The molecule has 4 nitrogen and oxygen atoms in total. The lowest BCUT2D eigenvalue weighted by atomic mass is 9.92. The Morgan fingerprint density at radius 1 is 1.20 bits per heavy atom. The van der Waals surface area contributed by atoms with Crippen molar-refractivity contribution in [2.24, 2.45) is 5.92 Å². The second-order valence-corrected chi connectivity index (χ2v) is 9.60. The topological polar surface area (TPSA) is 40.6 Å². The molecular weight excluding hydrogens is 340 g/mol. The molecule has 3 unspecified atom stereocenters. The Bertz CT molecular complexity index is 415. The van der Waals surface area contributed by atoms with Crippen molar-refractivity contribution in [1.82, 2.24) is 9.21 Å². The van der Waals surface area contributed by atoms with Crippen molar-refractivity contribution < 1.29 is 8.42 Å². The van der Waals surface area contributed by atoms with Gasteiger partial charge in [0.1, 0.15) is 0 Å². The van der Waals surface area contributed by atoms with Gasteiger partial charge in [0, 0.05) is 30.5 Å². The number of alkyl halides is 1. The number of halogens is 1. The van der Waals surface area contributed by atoms with Crippen LogP contribution in [0.25, 0.3) is 0 Å². The molecule has 2 rings (SSSR count). The van der Waals surface area contributed by atoms with Gasteiger partial charge in [0.15, 0.2) is 0 Å². The molecule has 0 aromatic carbocycles. The first kappa shape index (κ1) is 16.7. The fourth-order valence-electron chi connectivity index (χ4n) is 3.58. The van der Waals surface area contributed by atoms with Gasteiger partial charge in [0.2, 0.25) is 10.0 Å². The molecule has 1 saturated carbocycles. The SMILES string of the molecule is CN(CC1CCCN(S(C)(=O)=O)C1)C1CCCCC1Br. The summed E-state index contributed by atoms with van der Waals surface area (Å²) in [6.45, 7) is 2.41. The summed E-state index contributed by atoms with van der Waals surface area (Å²) in [7, 11) is -0.827. The van der Waals surface area contributed by atoms with Crippen LogP contribution >= 0.6 is 15.9 Å². The monoisotopic (exact) mass is 366 g/mol. The molecule has 2 fully saturated rings. The molecule has 0 aromatic rings. The third kappa shape index (κ3) is 4.42. The Kier molecular flexibility index (Phi) is 5.91. The number of rotatable bonds is 4. The molecule has 0 N–H and O–H groups in total. The molecule has 1 saturated heterocycles. The highest BCUT2D eigenvalue weighted by atomic mass is 79.9. The van der Waals surface area contributed by atoms with E-state index in [-0.39, 0.29) is 0 Å². The number of piperidine rings is 1. The molecular formula is C14H27BrN2O2S. The maximum Gasteiger partial charge on any atom is 0.211 e. The summed E-state index contributed by atoms with van der Waals surface area (Å²) >= 11 is 3.82. The predicted octanol–water partition coefficient (Wildman–Crippen LogP) is 2.30. The molecule has 2 aliphatic rings. The molecule has 0 aromatic heterocycles. The van der Waals surface area contributed by atoms with E-state index in [2.05, 4.69) is 27.9 Å². The maximum absolute atomic E-state index is 11.7. The largest absolute Gasteiger partial charge is 0.302 e. The van der Waals surface area contributed by atoms with Gasteiger partial charge in [-0.25, -0.2) is 12.7 Å². The number of nitrogens with zero attached hydrogens (tertiary/aromatic N) is 2. The Labute approximate surface area is 132 Å². The Morgan fingerprint density at radius 2 is 1.90 bits per heavy atom. The van der Waals surface area contributed by atoms with Gasteiger partial charge in [0.05, 0.1) is 6.26 Å². The van der Waals surface area contributed by atoms with Crippen LogP contribution in [0.15, 0.2) is 0 Å². The second kappa shape index (κ2) is 7.07. The van der Waals surface area contributed by atoms with E-state index in [9.17, 15) is 8.42 Å². The fraction of sp³-hybridized carbons (Fsp3) is 1.00. The van der Waals surface area contributed by atoms with E-state index < -0.39 is 10.0 Å². The van der Waals surface area contributed by atoms with Gasteiger partial charge in [-0.3, -0.25) is 0 Å². The van der Waals surface area contributed by atoms with E-state index in [1.165, 1.54) is 31.9 Å². The van der Waals surface area contributed by atoms with Crippen molar-refractivity contribution in [3.8, 4) is 0 Å². The molecule has 20 heavy (non-hydrogen) atoms. The van der Waals surface area contributed by atoms with Gasteiger partial charge in [-0.2, -0.15) is 0 Å². The summed E-state index contributed by atoms with van der Waals surface area (Å²) in [6.07, 6.45) is 8.63. The molecule has 3 atom stereocenters. The predicted molar refractivity (Wildman–Crippen MR) is 86.7 cm³/mol. The first-order valence-corrected chi connectivity index (χ1v) is 10.4. The fourth-order valence-corrected chi connectivity index (χ4v) is 5.52. The standard InChI is InChI=1S/C14H27BrN2O2S/c1-16(14-8-4-3-7-13(14)15)10-12-6-5-9-17(11-12)20(2,18)19/h12-14H,3-11H2,1-2H3. The quantitative estimate of drug-likeness (QED) is 0.716. The van der Waals surface area contributed by atoms with E-state index >= 15 is 0 Å². The van der Waals surface area contributed by atoms with Crippen LogP contribution < -0.4 is 0 Å². The van der Waals surface area contributed by atoms with Gasteiger partial charge >= 0.3 is 0 Å². The van der Waals surface area contributed by atoms with Crippen LogP contribution in [0.2, 0.25) is 0 Å². The number of hydrogen-bond acceptors (Lipinski definition) is 3. The molecule has 0 bridgehead atoms. The van der Waals surface area contributed by atoms with E-state index in [1.54, 1.807) is 4.31 Å². The third-order valence-electron chi connectivity index (χ3n) is 4.71. The minimum absolute atomic E-state index is 0.477. The molecule has 6 heteroatoms. The summed E-state index contributed by atoms with van der Waals surface area (Å²) in [5, 5.41) is 0. The summed E-state index contributed by atoms with van der Waals surface area (Å²) in [4.78, 5) is 3.05. The second-order valence-electron chi connectivity index (χ2n) is 6.44. The van der Waals surface area contributed by atoms with Gasteiger partial charge in [0.25, 0.3) is 0 Å². The lowest BCUT2D eigenvalue weighted by Gasteiger charge is -2.39. The van der Waals surface area contributed by atoms with Crippen LogP contribution in [-0.2, 0) is 10.0 Å². The minimum atomic E-state index is -3.02. The zero-order valence-corrected chi connectivity index (χ0v) is 15.0. The zero-order chi connectivity index (χ0) is 14.8. The van der Waals surface area contributed by atoms with E-state index in [0.717, 1.165) is 19.4 Å². The minimum Gasteiger partial charge on any atom is -0.302 e. The van der Waals surface area contributed by atoms with Crippen molar-refractivity contribution >= 4 is 26.0 Å². The molecule has 1 heterocycles. The Hall–Kier alpha value is 0.350. The van der Waals surface area contributed by atoms with Crippen LogP contribution in [0.5, 0.6) is 0 Å². The maximum atomic E-state index is 11.7. The van der Waals surface area contributed by atoms with Crippen LogP contribution in [0.3, 0.4) is 0 Å². The average Bonchev–Trinajstić information content (AvgIpc) is 2.38.